The molecule has 5 rings (SSSR count). The fourth-order valence-corrected chi connectivity index (χ4v) is 4.97. The van der Waals surface area contributed by atoms with Gasteiger partial charge in [-0.1, -0.05) is 0 Å². The summed E-state index contributed by atoms with van der Waals surface area (Å²) in [4.78, 5) is 33.2. The third-order valence-corrected chi connectivity index (χ3v) is 6.59. The maximum Gasteiger partial charge on any atom is 0.411 e. The Labute approximate surface area is 222 Å². The molecule has 1 amide bonds. The summed E-state index contributed by atoms with van der Waals surface area (Å²) < 4.78 is 17.2. The smallest absolute Gasteiger partial charge is 0.411 e. The molecule has 0 aliphatic heterocycles. The monoisotopic (exact) mass is 526 g/mol. The average molecular weight is 527 g/mol. The molecular formula is C27H22N6O4S. The molecule has 0 spiro atoms. The fraction of sp³-hybridized carbons (Fsp3) is 0.185. The van der Waals surface area contributed by atoms with Crippen LogP contribution in [0, 0.1) is 20.4 Å². The van der Waals surface area contributed by atoms with Crippen LogP contribution in [0.25, 0.3) is 36.7 Å². The second-order valence-corrected chi connectivity index (χ2v) is 9.38. The number of hydrogen-bond donors (Lipinski definition) is 1. The lowest BCUT2D eigenvalue weighted by atomic mass is 10.1. The van der Waals surface area contributed by atoms with Gasteiger partial charge in [-0.3, -0.25) is 10.3 Å². The van der Waals surface area contributed by atoms with E-state index in [-0.39, 0.29) is 13.2 Å². The molecule has 0 unspecified atom stereocenters. The summed E-state index contributed by atoms with van der Waals surface area (Å²) >= 11 is 1.55. The zero-order chi connectivity index (χ0) is 26.6. The van der Waals surface area contributed by atoms with Crippen molar-refractivity contribution in [2.45, 2.75) is 13.8 Å². The largest absolute Gasteiger partial charge is 0.490 e. The Morgan fingerprint density at radius 3 is 2.74 bits per heavy atom. The molecule has 190 valence electrons. The SMILES string of the molecule is [C-]#[N+]c1cncc(NC(=O)OCCOc2cc(C)c3nc(-c4cc(C)cc5nc(OC)cnc45)sc3c2)c1. The molecule has 0 bridgehead atoms. The molecule has 11 heteroatoms. The second kappa shape index (κ2) is 10.7. The van der Waals surface area contributed by atoms with E-state index in [1.54, 1.807) is 24.6 Å². The minimum Gasteiger partial charge on any atom is -0.490 e. The molecule has 3 aromatic heterocycles. The number of fused-ring (bicyclic) bond motifs is 2. The highest BCUT2D eigenvalue weighted by Gasteiger charge is 2.15. The van der Waals surface area contributed by atoms with E-state index in [1.807, 2.05) is 32.0 Å². The number of ether oxygens (including phenoxy) is 3. The summed E-state index contributed by atoms with van der Waals surface area (Å²) in [5.74, 6) is 1.12. The number of aryl methyl sites for hydroxylation is 2. The van der Waals surface area contributed by atoms with Gasteiger partial charge in [0.2, 0.25) is 11.6 Å². The molecule has 0 atom stereocenters. The summed E-state index contributed by atoms with van der Waals surface area (Å²) in [7, 11) is 1.57. The van der Waals surface area contributed by atoms with Crippen LogP contribution in [0.1, 0.15) is 11.1 Å². The Kier molecular flexibility index (Phi) is 6.97. The molecule has 0 saturated carbocycles. The number of anilines is 1. The standard InChI is InChI=1S/C27H22N6O4S/c1-15-7-20(25-21(8-15)32-23(35-4)14-30-25)26-33-24-16(2)9-19(11-22(24)38-26)36-5-6-37-27(34)31-18-10-17(28-3)12-29-13-18/h7-14H,5-6H2,1-2,4H3,(H,31,34). The van der Waals surface area contributed by atoms with Gasteiger partial charge in [0.15, 0.2) is 0 Å². The minimum atomic E-state index is -0.651. The molecular weight excluding hydrogens is 504 g/mol. The molecule has 1 N–H and O–H groups in total. The highest BCUT2D eigenvalue weighted by atomic mass is 32.1. The molecule has 0 radical (unpaired) electrons. The topological polar surface area (TPSA) is 113 Å². The second-order valence-electron chi connectivity index (χ2n) is 8.35. The lowest BCUT2D eigenvalue weighted by Crippen LogP contribution is -2.17. The van der Waals surface area contributed by atoms with Crippen molar-refractivity contribution in [1.29, 1.82) is 0 Å². The third kappa shape index (κ3) is 5.30. The first-order valence-electron chi connectivity index (χ1n) is 11.6. The first-order chi connectivity index (χ1) is 18.4. The summed E-state index contributed by atoms with van der Waals surface area (Å²) in [6.07, 6.45) is 3.81. The van der Waals surface area contributed by atoms with Crippen LogP contribution in [0.3, 0.4) is 0 Å². The van der Waals surface area contributed by atoms with Crippen molar-refractivity contribution in [3.63, 3.8) is 0 Å². The van der Waals surface area contributed by atoms with Crippen LogP contribution in [0.4, 0.5) is 16.2 Å². The maximum atomic E-state index is 12.0. The number of aromatic nitrogens is 4. The molecule has 5 aromatic rings. The van der Waals surface area contributed by atoms with Crippen LogP contribution >= 0.6 is 11.3 Å². The van der Waals surface area contributed by atoms with E-state index >= 15 is 0 Å². The molecule has 0 aliphatic carbocycles. The van der Waals surface area contributed by atoms with Gasteiger partial charge in [-0.25, -0.2) is 24.6 Å². The van der Waals surface area contributed by atoms with E-state index in [0.29, 0.717) is 23.0 Å². The van der Waals surface area contributed by atoms with Crippen LogP contribution in [-0.2, 0) is 4.74 Å². The van der Waals surface area contributed by atoms with Crippen LogP contribution in [0.5, 0.6) is 11.6 Å². The highest BCUT2D eigenvalue weighted by molar-refractivity contribution is 7.21. The summed E-state index contributed by atoms with van der Waals surface area (Å²) in [6, 6.07) is 9.39. The lowest BCUT2D eigenvalue weighted by molar-refractivity contribution is 0.138. The Morgan fingerprint density at radius 2 is 1.92 bits per heavy atom. The van der Waals surface area contributed by atoms with Gasteiger partial charge in [0.05, 0.1) is 46.8 Å². The van der Waals surface area contributed by atoms with Gasteiger partial charge in [0.1, 0.15) is 24.0 Å². The van der Waals surface area contributed by atoms with E-state index in [2.05, 4.69) is 31.2 Å². The average Bonchev–Trinajstić information content (AvgIpc) is 3.35. The Balaban J connectivity index is 1.28. The number of carbonyl (C=O) groups excluding carboxylic acids is 1. The molecule has 38 heavy (non-hydrogen) atoms. The number of benzene rings is 2. The van der Waals surface area contributed by atoms with E-state index in [1.165, 1.54) is 18.5 Å². The number of nitrogens with one attached hydrogen (secondary N) is 1. The zero-order valence-corrected chi connectivity index (χ0v) is 21.6. The fourth-order valence-electron chi connectivity index (χ4n) is 3.88. The molecule has 0 fully saturated rings. The first kappa shape index (κ1) is 24.9. The van der Waals surface area contributed by atoms with Gasteiger partial charge in [-0.05, 0) is 55.3 Å². The number of pyridine rings is 1. The molecule has 2 aromatic carbocycles. The number of rotatable bonds is 7. The number of amides is 1. The predicted molar refractivity (Wildman–Crippen MR) is 145 cm³/mol. The Bertz CT molecular complexity index is 1710. The van der Waals surface area contributed by atoms with Gasteiger partial charge in [0, 0.05) is 18.0 Å². The van der Waals surface area contributed by atoms with Crippen molar-refractivity contribution in [2.24, 2.45) is 0 Å². The molecule has 3 heterocycles. The number of carbonyl (C=O) groups is 1. The summed E-state index contributed by atoms with van der Waals surface area (Å²) in [5.41, 5.74) is 6.04. The van der Waals surface area contributed by atoms with E-state index in [9.17, 15) is 4.79 Å². The van der Waals surface area contributed by atoms with Gasteiger partial charge >= 0.3 is 6.09 Å². The molecule has 0 saturated heterocycles. The Morgan fingerprint density at radius 1 is 1.05 bits per heavy atom. The Hall–Kier alpha value is -4.82. The van der Waals surface area contributed by atoms with Gasteiger partial charge in [-0.2, -0.15) is 0 Å². The van der Waals surface area contributed by atoms with Crippen LogP contribution in [0.15, 0.2) is 48.9 Å². The number of nitrogens with zero attached hydrogens (tertiary/aromatic N) is 5. The summed E-state index contributed by atoms with van der Waals surface area (Å²) in [5, 5.41) is 3.38. The number of hydrogen-bond acceptors (Lipinski definition) is 9. The third-order valence-electron chi connectivity index (χ3n) is 5.55. The highest BCUT2D eigenvalue weighted by Crippen LogP contribution is 2.37. The molecule has 0 aliphatic rings. The van der Waals surface area contributed by atoms with E-state index in [0.717, 1.165) is 42.9 Å². The van der Waals surface area contributed by atoms with E-state index in [4.69, 9.17) is 25.8 Å². The first-order valence-corrected chi connectivity index (χ1v) is 12.4. The van der Waals surface area contributed by atoms with Crippen LogP contribution in [0.2, 0.25) is 0 Å². The molecule has 10 nitrogen and oxygen atoms in total. The summed E-state index contributed by atoms with van der Waals surface area (Å²) in [6.45, 7) is 11.2. The van der Waals surface area contributed by atoms with E-state index < -0.39 is 6.09 Å². The van der Waals surface area contributed by atoms with Crippen molar-refractivity contribution in [1.82, 2.24) is 19.9 Å². The lowest BCUT2D eigenvalue weighted by Gasteiger charge is -2.09. The van der Waals surface area contributed by atoms with Crippen molar-refractivity contribution >= 4 is 50.1 Å². The maximum absolute atomic E-state index is 12.0. The minimum absolute atomic E-state index is 0.0458. The van der Waals surface area contributed by atoms with Crippen LogP contribution in [-0.4, -0.2) is 46.4 Å². The number of thiazole rings is 1. The van der Waals surface area contributed by atoms with Crippen molar-refractivity contribution in [3.8, 4) is 22.2 Å². The zero-order valence-electron chi connectivity index (χ0n) is 20.8. The van der Waals surface area contributed by atoms with Gasteiger partial charge in [0.25, 0.3) is 0 Å². The van der Waals surface area contributed by atoms with Crippen LogP contribution < -0.4 is 14.8 Å². The van der Waals surface area contributed by atoms with Crippen molar-refractivity contribution < 1.29 is 19.0 Å². The number of methoxy groups -OCH3 is 1. The van der Waals surface area contributed by atoms with Gasteiger partial charge in [-0.15, -0.1) is 11.3 Å². The van der Waals surface area contributed by atoms with Crippen molar-refractivity contribution in [3.05, 3.63) is 71.5 Å². The predicted octanol–water partition coefficient (Wildman–Crippen LogP) is 6.11. The quantitative estimate of drug-likeness (QED) is 0.200. The van der Waals surface area contributed by atoms with Gasteiger partial charge < -0.3 is 14.2 Å². The normalized spacial score (nSPS) is 10.8. The van der Waals surface area contributed by atoms with Crippen molar-refractivity contribution in [2.75, 3.05) is 25.6 Å².